The number of carbonyl (C=O) groups is 1. The number of hydrogen-bond donors (Lipinski definition) is 1. The van der Waals surface area contributed by atoms with Crippen LogP contribution in [-0.4, -0.2) is 21.6 Å². The second kappa shape index (κ2) is 8.57. The molecule has 1 amide bonds. The van der Waals surface area contributed by atoms with Gasteiger partial charge in [-0.05, 0) is 56.7 Å². The summed E-state index contributed by atoms with van der Waals surface area (Å²) < 4.78 is 13.6. The third-order valence-corrected chi connectivity index (χ3v) is 5.82. The molecule has 0 bridgehead atoms. The number of imidazole rings is 1. The molecule has 31 heavy (non-hydrogen) atoms. The first-order valence-electron chi connectivity index (χ1n) is 10.9. The van der Waals surface area contributed by atoms with Crippen LogP contribution in [0.2, 0.25) is 0 Å². The standard InChI is InChI=1S/C24H29N3O4/c1-14(2)12-27-13-25-10-17(27)11-26-23(28)16(4)30-21-9-8-19-18-6-5-7-20(18)24(29)31-22(19)15(21)3/h8-10,13-14,16H,5-7,11-12H2,1-4H3,(H,26,28). The van der Waals surface area contributed by atoms with Crippen molar-refractivity contribution in [2.75, 3.05) is 0 Å². The van der Waals surface area contributed by atoms with Gasteiger partial charge >= 0.3 is 5.63 Å². The highest BCUT2D eigenvalue weighted by molar-refractivity contribution is 5.86. The number of aromatic nitrogens is 2. The molecule has 2 aromatic heterocycles. The van der Waals surface area contributed by atoms with Gasteiger partial charge in [-0.2, -0.15) is 0 Å². The molecule has 3 aromatic rings. The van der Waals surface area contributed by atoms with Crippen LogP contribution in [0.4, 0.5) is 0 Å². The van der Waals surface area contributed by atoms with Gasteiger partial charge in [0.05, 0.1) is 18.6 Å². The van der Waals surface area contributed by atoms with E-state index in [0.717, 1.165) is 53.6 Å². The summed E-state index contributed by atoms with van der Waals surface area (Å²) in [4.78, 5) is 29.1. The molecule has 1 atom stereocenters. The lowest BCUT2D eigenvalue weighted by atomic mass is 10.0. The minimum atomic E-state index is -0.696. The largest absolute Gasteiger partial charge is 0.480 e. The Kier molecular flexibility index (Phi) is 5.85. The van der Waals surface area contributed by atoms with Gasteiger partial charge in [-0.1, -0.05) is 13.8 Å². The van der Waals surface area contributed by atoms with E-state index in [2.05, 4.69) is 24.1 Å². The van der Waals surface area contributed by atoms with Crippen LogP contribution in [-0.2, 0) is 30.7 Å². The van der Waals surface area contributed by atoms with Crippen molar-refractivity contribution in [3.8, 4) is 5.75 Å². The molecule has 7 heteroatoms. The molecule has 164 valence electrons. The van der Waals surface area contributed by atoms with Crippen LogP contribution in [0, 0.1) is 12.8 Å². The minimum Gasteiger partial charge on any atom is -0.480 e. The number of ether oxygens (including phenoxy) is 1. The molecule has 2 heterocycles. The number of aryl methyl sites for hydroxylation is 2. The predicted molar refractivity (Wildman–Crippen MR) is 118 cm³/mol. The lowest BCUT2D eigenvalue weighted by Crippen LogP contribution is -2.36. The molecule has 0 saturated carbocycles. The van der Waals surface area contributed by atoms with Crippen molar-refractivity contribution < 1.29 is 13.9 Å². The maximum atomic E-state index is 12.6. The Bertz CT molecular complexity index is 1180. The van der Waals surface area contributed by atoms with E-state index < -0.39 is 6.10 Å². The number of benzene rings is 1. The number of nitrogens with zero attached hydrogens (tertiary/aromatic N) is 2. The summed E-state index contributed by atoms with van der Waals surface area (Å²) in [5, 5.41) is 3.89. The molecular formula is C24H29N3O4. The predicted octanol–water partition coefficient (Wildman–Crippen LogP) is 3.53. The Hall–Kier alpha value is -3.09. The Morgan fingerprint density at radius 1 is 1.26 bits per heavy atom. The van der Waals surface area contributed by atoms with Gasteiger partial charge in [-0.15, -0.1) is 0 Å². The van der Waals surface area contributed by atoms with Gasteiger partial charge in [-0.3, -0.25) is 4.79 Å². The normalized spacial score (nSPS) is 14.1. The van der Waals surface area contributed by atoms with E-state index in [0.29, 0.717) is 23.8 Å². The molecule has 0 saturated heterocycles. The molecule has 1 N–H and O–H groups in total. The zero-order valence-electron chi connectivity index (χ0n) is 18.5. The van der Waals surface area contributed by atoms with E-state index in [1.807, 2.05) is 23.6 Å². The third kappa shape index (κ3) is 4.22. The van der Waals surface area contributed by atoms with Gasteiger partial charge in [0.1, 0.15) is 11.3 Å². The lowest BCUT2D eigenvalue weighted by Gasteiger charge is -2.18. The van der Waals surface area contributed by atoms with E-state index in [9.17, 15) is 9.59 Å². The highest BCUT2D eigenvalue weighted by Gasteiger charge is 2.23. The summed E-state index contributed by atoms with van der Waals surface area (Å²) in [7, 11) is 0. The molecule has 0 spiro atoms. The SMILES string of the molecule is Cc1c(OC(C)C(=O)NCc2cncn2CC(C)C)ccc2c3c(c(=O)oc12)CCC3. The first-order valence-corrected chi connectivity index (χ1v) is 10.9. The second-order valence-electron chi connectivity index (χ2n) is 8.67. The molecular weight excluding hydrogens is 394 g/mol. The first kappa shape index (κ1) is 21.2. The Morgan fingerprint density at radius 3 is 2.81 bits per heavy atom. The van der Waals surface area contributed by atoms with Crippen molar-refractivity contribution >= 4 is 16.9 Å². The zero-order chi connectivity index (χ0) is 22.1. The van der Waals surface area contributed by atoms with Crippen LogP contribution in [0.25, 0.3) is 11.0 Å². The highest BCUT2D eigenvalue weighted by Crippen LogP contribution is 2.33. The monoisotopic (exact) mass is 423 g/mol. The van der Waals surface area contributed by atoms with Crippen LogP contribution in [0.1, 0.15) is 49.6 Å². The molecule has 1 unspecified atom stereocenters. The van der Waals surface area contributed by atoms with E-state index in [1.54, 1.807) is 19.4 Å². The average Bonchev–Trinajstić information content (AvgIpc) is 3.38. The number of carbonyl (C=O) groups excluding carboxylic acids is 1. The quantitative estimate of drug-likeness (QED) is 0.588. The fourth-order valence-electron chi connectivity index (χ4n) is 4.21. The van der Waals surface area contributed by atoms with Gasteiger partial charge in [0.2, 0.25) is 0 Å². The topological polar surface area (TPSA) is 86.4 Å². The summed E-state index contributed by atoms with van der Waals surface area (Å²) in [6.07, 6.45) is 5.50. The molecule has 4 rings (SSSR count). The highest BCUT2D eigenvalue weighted by atomic mass is 16.5. The van der Waals surface area contributed by atoms with E-state index in [-0.39, 0.29) is 11.5 Å². The number of amides is 1. The Morgan fingerprint density at radius 2 is 2.03 bits per heavy atom. The van der Waals surface area contributed by atoms with Crippen LogP contribution in [0.3, 0.4) is 0 Å². The minimum absolute atomic E-state index is 0.216. The van der Waals surface area contributed by atoms with Gasteiger partial charge in [0.25, 0.3) is 5.91 Å². The summed E-state index contributed by atoms with van der Waals surface area (Å²) in [5.41, 5.74) is 3.86. The second-order valence-corrected chi connectivity index (χ2v) is 8.67. The average molecular weight is 424 g/mol. The number of rotatable bonds is 7. The molecule has 1 aliphatic rings. The van der Waals surface area contributed by atoms with Gasteiger partial charge in [0.15, 0.2) is 6.10 Å². The number of nitrogens with one attached hydrogen (secondary N) is 1. The van der Waals surface area contributed by atoms with Crippen molar-refractivity contribution in [1.29, 1.82) is 0 Å². The third-order valence-electron chi connectivity index (χ3n) is 5.82. The van der Waals surface area contributed by atoms with E-state index in [1.165, 1.54) is 0 Å². The maximum absolute atomic E-state index is 12.6. The fraction of sp³-hybridized carbons (Fsp3) is 0.458. The van der Waals surface area contributed by atoms with Crippen molar-refractivity contribution in [3.05, 3.63) is 57.5 Å². The first-order chi connectivity index (χ1) is 14.8. The van der Waals surface area contributed by atoms with Crippen molar-refractivity contribution in [1.82, 2.24) is 14.9 Å². The summed E-state index contributed by atoms with van der Waals surface area (Å²) in [6, 6.07) is 3.79. The van der Waals surface area contributed by atoms with E-state index in [4.69, 9.17) is 9.15 Å². The van der Waals surface area contributed by atoms with Crippen molar-refractivity contribution in [3.63, 3.8) is 0 Å². The smallest absolute Gasteiger partial charge is 0.339 e. The van der Waals surface area contributed by atoms with Crippen LogP contribution in [0.15, 0.2) is 33.9 Å². The van der Waals surface area contributed by atoms with Gasteiger partial charge in [-0.25, -0.2) is 9.78 Å². The van der Waals surface area contributed by atoms with E-state index >= 15 is 0 Å². The molecule has 7 nitrogen and oxygen atoms in total. The van der Waals surface area contributed by atoms with Gasteiger partial charge < -0.3 is 19.0 Å². The van der Waals surface area contributed by atoms with Crippen LogP contribution < -0.4 is 15.7 Å². The number of hydrogen-bond acceptors (Lipinski definition) is 5. The molecule has 1 aliphatic carbocycles. The molecule has 0 radical (unpaired) electrons. The molecule has 0 aliphatic heterocycles. The van der Waals surface area contributed by atoms with Crippen molar-refractivity contribution in [2.45, 2.75) is 66.2 Å². The number of fused-ring (bicyclic) bond motifs is 3. The van der Waals surface area contributed by atoms with Gasteiger partial charge in [0, 0.05) is 29.3 Å². The summed E-state index contributed by atoms with van der Waals surface area (Å²) in [6.45, 7) is 9.08. The molecule has 1 aromatic carbocycles. The van der Waals surface area contributed by atoms with Crippen LogP contribution >= 0.6 is 0 Å². The Balaban J connectivity index is 1.47. The lowest BCUT2D eigenvalue weighted by molar-refractivity contribution is -0.127. The summed E-state index contributed by atoms with van der Waals surface area (Å²) in [5.74, 6) is 0.816. The molecule has 0 fully saturated rings. The maximum Gasteiger partial charge on any atom is 0.339 e. The Labute approximate surface area is 181 Å². The summed E-state index contributed by atoms with van der Waals surface area (Å²) >= 11 is 0. The zero-order valence-corrected chi connectivity index (χ0v) is 18.5. The fourth-order valence-corrected chi connectivity index (χ4v) is 4.21. The van der Waals surface area contributed by atoms with Crippen molar-refractivity contribution in [2.24, 2.45) is 5.92 Å². The van der Waals surface area contributed by atoms with Crippen LogP contribution in [0.5, 0.6) is 5.75 Å².